The quantitative estimate of drug-likeness (QED) is 0.702. The molecule has 2 heterocycles. The van der Waals surface area contributed by atoms with Gasteiger partial charge in [-0.3, -0.25) is 4.98 Å². The van der Waals surface area contributed by atoms with Crippen LogP contribution in [0.2, 0.25) is 0 Å². The van der Waals surface area contributed by atoms with E-state index in [4.69, 9.17) is 0 Å². The van der Waals surface area contributed by atoms with Crippen molar-refractivity contribution in [3.63, 3.8) is 0 Å². The van der Waals surface area contributed by atoms with E-state index in [1.54, 1.807) is 0 Å². The lowest BCUT2D eigenvalue weighted by atomic mass is 10.1. The molecule has 0 atom stereocenters. The molecule has 0 unspecified atom stereocenters. The van der Waals surface area contributed by atoms with E-state index in [1.807, 2.05) is 23.7 Å². The number of allylic oxidation sites excluding steroid dienone is 1. The number of aryl methyl sites for hydroxylation is 1. The van der Waals surface area contributed by atoms with Crippen LogP contribution in [0.25, 0.3) is 16.5 Å². The summed E-state index contributed by atoms with van der Waals surface area (Å²) in [5, 5.41) is 0. The van der Waals surface area contributed by atoms with Gasteiger partial charge in [0.2, 0.25) is 0 Å². The summed E-state index contributed by atoms with van der Waals surface area (Å²) >= 11 is 1.91. The Morgan fingerprint density at radius 3 is 2.87 bits per heavy atom. The minimum atomic E-state index is 1.18. The van der Waals surface area contributed by atoms with Crippen molar-refractivity contribution in [3.8, 4) is 10.4 Å². The molecule has 15 heavy (non-hydrogen) atoms. The van der Waals surface area contributed by atoms with Gasteiger partial charge in [0, 0.05) is 22.1 Å². The molecule has 0 amide bonds. The van der Waals surface area contributed by atoms with Crippen molar-refractivity contribution in [3.05, 3.63) is 47.1 Å². The van der Waals surface area contributed by atoms with Gasteiger partial charge in [0.25, 0.3) is 0 Å². The van der Waals surface area contributed by atoms with E-state index in [2.05, 4.69) is 35.3 Å². The second kappa shape index (κ2) is 3.63. The van der Waals surface area contributed by atoms with Gasteiger partial charge in [0.15, 0.2) is 0 Å². The lowest BCUT2D eigenvalue weighted by Gasteiger charge is -2.01. The molecule has 3 rings (SSSR count). The molecule has 1 aliphatic carbocycles. The standard InChI is InChI=1S/C13H11NS/c1-2-4-12-11(3-1)9-13(15-12)10-5-7-14-8-6-10/h1,3,5-9H,2,4H2. The van der Waals surface area contributed by atoms with Crippen LogP contribution in [0.15, 0.2) is 36.7 Å². The van der Waals surface area contributed by atoms with E-state index in [0.29, 0.717) is 0 Å². The van der Waals surface area contributed by atoms with E-state index >= 15 is 0 Å². The molecule has 0 radical (unpaired) electrons. The Balaban J connectivity index is 2.07. The van der Waals surface area contributed by atoms with Gasteiger partial charge in [-0.1, -0.05) is 12.2 Å². The lowest BCUT2D eigenvalue weighted by Crippen LogP contribution is -1.85. The fourth-order valence-corrected chi connectivity index (χ4v) is 3.03. The van der Waals surface area contributed by atoms with Crippen LogP contribution in [0, 0.1) is 0 Å². The monoisotopic (exact) mass is 213 g/mol. The first-order chi connectivity index (χ1) is 7.43. The van der Waals surface area contributed by atoms with Crippen LogP contribution in [-0.4, -0.2) is 4.98 Å². The van der Waals surface area contributed by atoms with E-state index in [0.717, 1.165) is 0 Å². The summed E-state index contributed by atoms with van der Waals surface area (Å²) in [4.78, 5) is 6.92. The van der Waals surface area contributed by atoms with Crippen LogP contribution in [0.3, 0.4) is 0 Å². The van der Waals surface area contributed by atoms with Gasteiger partial charge >= 0.3 is 0 Å². The molecule has 1 aliphatic rings. The zero-order chi connectivity index (χ0) is 10.1. The second-order valence-corrected chi connectivity index (χ2v) is 4.80. The largest absolute Gasteiger partial charge is 0.265 e. The van der Waals surface area contributed by atoms with Gasteiger partial charge in [-0.25, -0.2) is 0 Å². The molecule has 2 aromatic heterocycles. The predicted octanol–water partition coefficient (Wildman–Crippen LogP) is 3.77. The van der Waals surface area contributed by atoms with Gasteiger partial charge in [-0.05, 0) is 42.2 Å². The molecule has 0 saturated carbocycles. The Labute approximate surface area is 93.1 Å². The Hall–Kier alpha value is -1.41. The summed E-state index contributed by atoms with van der Waals surface area (Å²) in [5.74, 6) is 0. The minimum Gasteiger partial charge on any atom is -0.265 e. The molecule has 2 aromatic rings. The number of aromatic nitrogens is 1. The fourth-order valence-electron chi connectivity index (χ4n) is 1.86. The summed E-state index contributed by atoms with van der Waals surface area (Å²) in [6, 6.07) is 6.42. The molecule has 0 N–H and O–H groups in total. The van der Waals surface area contributed by atoms with E-state index in [1.165, 1.54) is 33.7 Å². The van der Waals surface area contributed by atoms with Crippen molar-refractivity contribution in [2.24, 2.45) is 0 Å². The number of fused-ring (bicyclic) bond motifs is 1. The third-order valence-electron chi connectivity index (χ3n) is 2.64. The third kappa shape index (κ3) is 1.61. The van der Waals surface area contributed by atoms with Gasteiger partial charge in [0.1, 0.15) is 0 Å². The normalized spacial score (nSPS) is 13.9. The third-order valence-corrected chi connectivity index (χ3v) is 3.90. The summed E-state index contributed by atoms with van der Waals surface area (Å²) in [6.45, 7) is 0. The van der Waals surface area contributed by atoms with Crippen molar-refractivity contribution < 1.29 is 0 Å². The molecule has 74 valence electrons. The molecule has 0 fully saturated rings. The maximum atomic E-state index is 4.04. The molecule has 1 nitrogen and oxygen atoms in total. The average molecular weight is 213 g/mol. The van der Waals surface area contributed by atoms with Crippen molar-refractivity contribution in [2.75, 3.05) is 0 Å². The number of pyridine rings is 1. The van der Waals surface area contributed by atoms with Crippen LogP contribution in [0.5, 0.6) is 0 Å². The van der Waals surface area contributed by atoms with Gasteiger partial charge < -0.3 is 0 Å². The summed E-state index contributed by atoms with van der Waals surface area (Å²) in [5.41, 5.74) is 2.68. The highest BCUT2D eigenvalue weighted by Crippen LogP contribution is 2.34. The summed E-state index contributed by atoms with van der Waals surface area (Å²) in [7, 11) is 0. The molecular weight excluding hydrogens is 202 g/mol. The zero-order valence-corrected chi connectivity index (χ0v) is 9.13. The number of rotatable bonds is 1. The summed E-state index contributed by atoms with van der Waals surface area (Å²) in [6.07, 6.45) is 10.6. The Morgan fingerprint density at radius 2 is 2.07 bits per heavy atom. The zero-order valence-electron chi connectivity index (χ0n) is 8.31. The van der Waals surface area contributed by atoms with Crippen molar-refractivity contribution in [1.82, 2.24) is 4.98 Å². The van der Waals surface area contributed by atoms with Crippen molar-refractivity contribution in [2.45, 2.75) is 12.8 Å². The molecule has 0 bridgehead atoms. The first-order valence-corrected chi connectivity index (χ1v) is 5.95. The average Bonchev–Trinajstić information content (AvgIpc) is 2.74. The lowest BCUT2D eigenvalue weighted by molar-refractivity contribution is 1.01. The maximum absolute atomic E-state index is 4.04. The van der Waals surface area contributed by atoms with Gasteiger partial charge in [0.05, 0.1) is 0 Å². The van der Waals surface area contributed by atoms with Crippen LogP contribution in [0.1, 0.15) is 16.9 Å². The molecule has 2 heteroatoms. The Kier molecular flexibility index (Phi) is 2.14. The Morgan fingerprint density at radius 1 is 1.20 bits per heavy atom. The van der Waals surface area contributed by atoms with Crippen LogP contribution < -0.4 is 0 Å². The topological polar surface area (TPSA) is 12.9 Å². The predicted molar refractivity (Wildman–Crippen MR) is 64.9 cm³/mol. The van der Waals surface area contributed by atoms with Crippen LogP contribution >= 0.6 is 11.3 Å². The smallest absolute Gasteiger partial charge is 0.0352 e. The Bertz CT molecular complexity index is 497. The van der Waals surface area contributed by atoms with Gasteiger partial charge in [-0.15, -0.1) is 11.3 Å². The highest BCUT2D eigenvalue weighted by Gasteiger charge is 2.10. The molecule has 0 aromatic carbocycles. The second-order valence-electron chi connectivity index (χ2n) is 3.67. The SMILES string of the molecule is C1=Cc2cc(-c3ccncc3)sc2CC1. The van der Waals surface area contributed by atoms with Crippen molar-refractivity contribution in [1.29, 1.82) is 0 Å². The van der Waals surface area contributed by atoms with E-state index in [-0.39, 0.29) is 0 Å². The van der Waals surface area contributed by atoms with Crippen LogP contribution in [-0.2, 0) is 6.42 Å². The van der Waals surface area contributed by atoms with E-state index in [9.17, 15) is 0 Å². The van der Waals surface area contributed by atoms with Gasteiger partial charge in [-0.2, -0.15) is 0 Å². The van der Waals surface area contributed by atoms with E-state index < -0.39 is 0 Å². The number of thiophene rings is 1. The first kappa shape index (κ1) is 8.86. The highest BCUT2D eigenvalue weighted by atomic mass is 32.1. The maximum Gasteiger partial charge on any atom is 0.0352 e. The van der Waals surface area contributed by atoms with Crippen LogP contribution in [0.4, 0.5) is 0 Å². The minimum absolute atomic E-state index is 1.18. The molecule has 0 aliphatic heterocycles. The molecular formula is C13H11NS. The number of hydrogen-bond donors (Lipinski definition) is 0. The summed E-state index contributed by atoms with van der Waals surface area (Å²) < 4.78 is 0. The fraction of sp³-hybridized carbons (Fsp3) is 0.154. The van der Waals surface area contributed by atoms with Crippen molar-refractivity contribution >= 4 is 17.4 Å². The molecule has 0 saturated heterocycles. The highest BCUT2D eigenvalue weighted by molar-refractivity contribution is 7.15. The first-order valence-electron chi connectivity index (χ1n) is 5.13. The molecule has 0 spiro atoms. The number of hydrogen-bond acceptors (Lipinski definition) is 2. The number of nitrogens with zero attached hydrogens (tertiary/aromatic N) is 1.